The highest BCUT2D eigenvalue weighted by Crippen LogP contribution is 2.25. The summed E-state index contributed by atoms with van der Waals surface area (Å²) in [7, 11) is 1.27. The number of Topliss-reactive ketones (excluding diaryl/α,β-unsaturated/α-hetero) is 1. The van der Waals surface area contributed by atoms with Crippen LogP contribution in [0.4, 0.5) is 0 Å². The van der Waals surface area contributed by atoms with E-state index in [1.165, 1.54) is 20.1 Å². The summed E-state index contributed by atoms with van der Waals surface area (Å²) in [5, 5.41) is 0.289. The Morgan fingerprint density at radius 2 is 2.06 bits per heavy atom. The molecule has 0 aliphatic heterocycles. The Morgan fingerprint density at radius 1 is 1.38 bits per heavy atom. The Labute approximate surface area is 98.1 Å². The van der Waals surface area contributed by atoms with Crippen LogP contribution < -0.4 is 4.74 Å². The van der Waals surface area contributed by atoms with Crippen LogP contribution in [0, 0.1) is 0 Å². The van der Waals surface area contributed by atoms with Gasteiger partial charge in [-0.05, 0) is 25.1 Å². The predicted molar refractivity (Wildman–Crippen MR) is 59.0 cm³/mol. The number of carbonyl (C=O) groups is 2. The van der Waals surface area contributed by atoms with Gasteiger partial charge in [0.2, 0.25) is 0 Å². The smallest absolute Gasteiger partial charge is 0.343 e. The van der Waals surface area contributed by atoms with Crippen molar-refractivity contribution in [3.05, 3.63) is 28.8 Å². The van der Waals surface area contributed by atoms with Crippen molar-refractivity contribution in [2.24, 2.45) is 0 Å². The SMILES string of the molecule is COC(=O)COc1ccc(C(C)=O)cc1Cl. The van der Waals surface area contributed by atoms with Gasteiger partial charge in [-0.2, -0.15) is 0 Å². The monoisotopic (exact) mass is 242 g/mol. The first-order valence-electron chi connectivity index (χ1n) is 4.54. The van der Waals surface area contributed by atoms with Crippen molar-refractivity contribution in [3.8, 4) is 5.75 Å². The van der Waals surface area contributed by atoms with Gasteiger partial charge in [0.1, 0.15) is 5.75 Å². The number of ether oxygens (including phenoxy) is 2. The molecule has 1 aromatic rings. The van der Waals surface area contributed by atoms with Gasteiger partial charge in [0.15, 0.2) is 12.4 Å². The second kappa shape index (κ2) is 5.51. The van der Waals surface area contributed by atoms with Gasteiger partial charge in [-0.15, -0.1) is 0 Å². The Hall–Kier alpha value is -1.55. The molecule has 0 atom stereocenters. The maximum atomic E-state index is 11.0. The lowest BCUT2D eigenvalue weighted by atomic mass is 10.1. The van der Waals surface area contributed by atoms with Crippen molar-refractivity contribution in [3.63, 3.8) is 0 Å². The lowest BCUT2D eigenvalue weighted by Crippen LogP contribution is -2.12. The normalized spacial score (nSPS) is 9.69. The van der Waals surface area contributed by atoms with Crippen LogP contribution in [-0.4, -0.2) is 25.5 Å². The fourth-order valence-corrected chi connectivity index (χ4v) is 1.27. The Balaban J connectivity index is 2.75. The molecule has 0 aliphatic carbocycles. The van der Waals surface area contributed by atoms with Crippen LogP contribution in [-0.2, 0) is 9.53 Å². The summed E-state index contributed by atoms with van der Waals surface area (Å²) in [5.41, 5.74) is 0.496. The van der Waals surface area contributed by atoms with E-state index in [9.17, 15) is 9.59 Å². The number of esters is 1. The van der Waals surface area contributed by atoms with Gasteiger partial charge < -0.3 is 9.47 Å². The molecule has 86 valence electrons. The van der Waals surface area contributed by atoms with Gasteiger partial charge in [-0.25, -0.2) is 4.79 Å². The van der Waals surface area contributed by atoms with Gasteiger partial charge in [0.25, 0.3) is 0 Å². The van der Waals surface area contributed by atoms with E-state index in [4.69, 9.17) is 16.3 Å². The van der Waals surface area contributed by atoms with Crippen molar-refractivity contribution in [1.82, 2.24) is 0 Å². The first-order valence-corrected chi connectivity index (χ1v) is 4.92. The van der Waals surface area contributed by atoms with E-state index in [1.807, 2.05) is 0 Å². The molecule has 0 aliphatic rings. The largest absolute Gasteiger partial charge is 0.480 e. The molecule has 0 unspecified atom stereocenters. The lowest BCUT2D eigenvalue weighted by Gasteiger charge is -2.07. The molecule has 0 bridgehead atoms. The molecule has 4 nitrogen and oxygen atoms in total. The molecule has 0 N–H and O–H groups in total. The maximum Gasteiger partial charge on any atom is 0.343 e. The van der Waals surface area contributed by atoms with E-state index in [2.05, 4.69) is 4.74 Å². The van der Waals surface area contributed by atoms with Gasteiger partial charge in [0.05, 0.1) is 12.1 Å². The third-order valence-electron chi connectivity index (χ3n) is 1.91. The molecule has 1 rings (SSSR count). The number of methoxy groups -OCH3 is 1. The van der Waals surface area contributed by atoms with E-state index >= 15 is 0 Å². The second-order valence-electron chi connectivity index (χ2n) is 3.07. The van der Waals surface area contributed by atoms with Crippen LogP contribution in [0.15, 0.2) is 18.2 Å². The molecule has 5 heteroatoms. The molecule has 0 saturated heterocycles. The fourth-order valence-electron chi connectivity index (χ4n) is 1.03. The first kappa shape index (κ1) is 12.5. The van der Waals surface area contributed by atoms with Crippen LogP contribution in [0.25, 0.3) is 0 Å². The van der Waals surface area contributed by atoms with E-state index in [-0.39, 0.29) is 17.4 Å². The van der Waals surface area contributed by atoms with Crippen molar-refractivity contribution < 1.29 is 19.1 Å². The van der Waals surface area contributed by atoms with Gasteiger partial charge in [0, 0.05) is 5.56 Å². The summed E-state index contributed by atoms with van der Waals surface area (Å²) >= 11 is 5.87. The molecule has 0 heterocycles. The molecule has 16 heavy (non-hydrogen) atoms. The number of benzene rings is 1. The maximum absolute atomic E-state index is 11.0. The van der Waals surface area contributed by atoms with Crippen LogP contribution >= 0.6 is 11.6 Å². The quantitative estimate of drug-likeness (QED) is 0.599. The summed E-state index contributed by atoms with van der Waals surface area (Å²) in [6.45, 7) is 1.23. The minimum atomic E-state index is -0.494. The number of halogens is 1. The van der Waals surface area contributed by atoms with E-state index < -0.39 is 5.97 Å². The van der Waals surface area contributed by atoms with Crippen molar-refractivity contribution >= 4 is 23.4 Å². The molecule has 0 aromatic heterocycles. The summed E-state index contributed by atoms with van der Waals surface area (Å²) in [5.74, 6) is -0.231. The van der Waals surface area contributed by atoms with Gasteiger partial charge >= 0.3 is 5.97 Å². The average Bonchev–Trinajstić information content (AvgIpc) is 2.26. The summed E-state index contributed by atoms with van der Waals surface area (Å²) in [6.07, 6.45) is 0. The van der Waals surface area contributed by atoms with Crippen LogP contribution in [0.5, 0.6) is 5.75 Å². The number of rotatable bonds is 4. The van der Waals surface area contributed by atoms with Gasteiger partial charge in [-0.3, -0.25) is 4.79 Å². The topological polar surface area (TPSA) is 52.6 Å². The Bertz CT molecular complexity index is 414. The lowest BCUT2D eigenvalue weighted by molar-refractivity contribution is -0.142. The zero-order valence-electron chi connectivity index (χ0n) is 8.95. The molecule has 0 spiro atoms. The summed E-state index contributed by atoms with van der Waals surface area (Å²) in [6, 6.07) is 4.62. The summed E-state index contributed by atoms with van der Waals surface area (Å²) < 4.78 is 9.52. The first-order chi connectivity index (χ1) is 7.54. The number of hydrogen-bond donors (Lipinski definition) is 0. The van der Waals surface area contributed by atoms with Crippen molar-refractivity contribution in [2.75, 3.05) is 13.7 Å². The number of ketones is 1. The van der Waals surface area contributed by atoms with E-state index in [1.54, 1.807) is 12.1 Å². The highest BCUT2D eigenvalue weighted by Gasteiger charge is 2.08. The molecule has 1 aromatic carbocycles. The average molecular weight is 243 g/mol. The van der Waals surface area contributed by atoms with E-state index in [0.717, 1.165) is 0 Å². The highest BCUT2D eigenvalue weighted by atomic mass is 35.5. The Kier molecular flexibility index (Phi) is 4.31. The minimum absolute atomic E-state index is 0.0820. The third kappa shape index (κ3) is 3.24. The molecule has 0 amide bonds. The fraction of sp³-hybridized carbons (Fsp3) is 0.273. The standard InChI is InChI=1S/C11H11ClO4/c1-7(13)8-3-4-10(9(12)5-8)16-6-11(14)15-2/h3-5H,6H2,1-2H3. The zero-order chi connectivity index (χ0) is 12.1. The van der Waals surface area contributed by atoms with Crippen molar-refractivity contribution in [1.29, 1.82) is 0 Å². The molecule has 0 saturated carbocycles. The number of carbonyl (C=O) groups excluding carboxylic acids is 2. The Morgan fingerprint density at radius 3 is 2.56 bits per heavy atom. The third-order valence-corrected chi connectivity index (χ3v) is 2.21. The second-order valence-corrected chi connectivity index (χ2v) is 3.47. The van der Waals surface area contributed by atoms with Gasteiger partial charge in [-0.1, -0.05) is 11.6 Å². The highest BCUT2D eigenvalue weighted by molar-refractivity contribution is 6.32. The van der Waals surface area contributed by atoms with Crippen LogP contribution in [0.2, 0.25) is 5.02 Å². The van der Waals surface area contributed by atoms with Crippen molar-refractivity contribution in [2.45, 2.75) is 6.92 Å². The molecule has 0 radical (unpaired) electrons. The molecule has 0 fully saturated rings. The van der Waals surface area contributed by atoms with E-state index in [0.29, 0.717) is 11.3 Å². The number of hydrogen-bond acceptors (Lipinski definition) is 4. The van der Waals surface area contributed by atoms with Crippen LogP contribution in [0.1, 0.15) is 17.3 Å². The summed E-state index contributed by atoms with van der Waals surface area (Å²) in [4.78, 5) is 21.9. The molecular formula is C11H11ClO4. The molecular weight excluding hydrogens is 232 g/mol. The predicted octanol–water partition coefficient (Wildman–Crippen LogP) is 2.09. The zero-order valence-corrected chi connectivity index (χ0v) is 9.71. The minimum Gasteiger partial charge on any atom is -0.480 e. The van der Waals surface area contributed by atoms with Crippen LogP contribution in [0.3, 0.4) is 0 Å².